The van der Waals surface area contributed by atoms with Crippen molar-refractivity contribution in [1.29, 1.82) is 0 Å². The van der Waals surface area contributed by atoms with Crippen molar-refractivity contribution in [1.82, 2.24) is 15.2 Å². The minimum absolute atomic E-state index is 0.0301. The number of amides is 2. The van der Waals surface area contributed by atoms with Crippen LogP contribution in [0.15, 0.2) is 60.7 Å². The fourth-order valence-corrected chi connectivity index (χ4v) is 5.18. The molecular weight excluding hydrogens is 405 g/mol. The molecular formula is C26H26FN3O2. The summed E-state index contributed by atoms with van der Waals surface area (Å²) in [6, 6.07) is 17.6. The first-order chi connectivity index (χ1) is 15.6. The number of rotatable bonds is 3. The van der Waals surface area contributed by atoms with Crippen LogP contribution >= 0.6 is 0 Å². The van der Waals surface area contributed by atoms with Crippen LogP contribution in [0.4, 0.5) is 4.39 Å². The predicted molar refractivity (Wildman–Crippen MR) is 121 cm³/mol. The lowest BCUT2D eigenvalue weighted by molar-refractivity contribution is -0.122. The molecule has 2 saturated heterocycles. The van der Waals surface area contributed by atoms with E-state index in [1.54, 1.807) is 18.2 Å². The van der Waals surface area contributed by atoms with Gasteiger partial charge in [-0.3, -0.25) is 9.59 Å². The van der Waals surface area contributed by atoms with Crippen LogP contribution in [0.3, 0.4) is 0 Å². The molecule has 32 heavy (non-hydrogen) atoms. The molecule has 0 spiro atoms. The molecule has 6 heteroatoms. The number of hydrogen-bond acceptors (Lipinski definition) is 3. The molecule has 5 nitrogen and oxygen atoms in total. The first kappa shape index (κ1) is 20.6. The van der Waals surface area contributed by atoms with E-state index < -0.39 is 0 Å². The highest BCUT2D eigenvalue weighted by molar-refractivity contribution is 5.95. The van der Waals surface area contributed by atoms with Gasteiger partial charge in [0.1, 0.15) is 11.5 Å². The van der Waals surface area contributed by atoms with Crippen molar-refractivity contribution < 1.29 is 14.0 Å². The van der Waals surface area contributed by atoms with E-state index in [0.717, 1.165) is 30.2 Å². The number of para-hydroxylation sites is 1. The third-order valence-electron chi connectivity index (χ3n) is 6.71. The van der Waals surface area contributed by atoms with Crippen LogP contribution in [-0.4, -0.2) is 39.8 Å². The molecule has 0 aliphatic carbocycles. The molecule has 2 amide bonds. The van der Waals surface area contributed by atoms with E-state index in [0.29, 0.717) is 30.5 Å². The molecule has 2 fully saturated rings. The molecule has 3 atom stereocenters. The molecule has 1 aromatic heterocycles. The van der Waals surface area contributed by atoms with Crippen LogP contribution in [0.1, 0.15) is 48.2 Å². The highest BCUT2D eigenvalue weighted by Gasteiger charge is 2.45. The van der Waals surface area contributed by atoms with Crippen LogP contribution in [0, 0.1) is 5.82 Å². The maximum Gasteiger partial charge on any atom is 0.273 e. The highest BCUT2D eigenvalue weighted by atomic mass is 19.1. The number of carbonyl (C=O) groups excluding carboxylic acids is 2. The fourth-order valence-electron chi connectivity index (χ4n) is 5.18. The number of carbonyl (C=O) groups is 2. The zero-order chi connectivity index (χ0) is 22.1. The first-order valence-corrected chi connectivity index (χ1v) is 11.3. The molecule has 2 aliphatic heterocycles. The molecule has 0 saturated carbocycles. The lowest BCUT2D eigenvalue weighted by Crippen LogP contribution is -2.49. The normalized spacial score (nSPS) is 23.3. The topological polar surface area (TPSA) is 62.3 Å². The molecule has 2 aliphatic rings. The van der Waals surface area contributed by atoms with Crippen molar-refractivity contribution in [3.8, 4) is 0 Å². The van der Waals surface area contributed by atoms with Gasteiger partial charge in [0.15, 0.2) is 0 Å². The summed E-state index contributed by atoms with van der Waals surface area (Å²) in [6.45, 7) is 0. The molecule has 2 aromatic carbocycles. The molecule has 0 radical (unpaired) electrons. The number of hydrogen-bond donors (Lipinski definition) is 1. The smallest absolute Gasteiger partial charge is 0.273 e. The molecule has 1 N–H and O–H groups in total. The molecule has 0 unspecified atom stereocenters. The molecule has 5 rings (SSSR count). The number of halogens is 1. The maximum atomic E-state index is 14.4. The van der Waals surface area contributed by atoms with Crippen molar-refractivity contribution in [3.05, 3.63) is 77.7 Å². The average molecular weight is 432 g/mol. The van der Waals surface area contributed by atoms with Crippen LogP contribution in [0.25, 0.3) is 10.9 Å². The molecule has 0 bridgehead atoms. The zero-order valence-corrected chi connectivity index (χ0v) is 17.8. The number of pyridine rings is 1. The van der Waals surface area contributed by atoms with Gasteiger partial charge >= 0.3 is 0 Å². The minimum atomic E-state index is -0.267. The Morgan fingerprint density at radius 1 is 1.06 bits per heavy atom. The van der Waals surface area contributed by atoms with E-state index in [1.807, 2.05) is 41.3 Å². The summed E-state index contributed by atoms with van der Waals surface area (Å²) in [7, 11) is 0. The van der Waals surface area contributed by atoms with E-state index in [1.165, 1.54) is 6.07 Å². The zero-order valence-electron chi connectivity index (χ0n) is 17.8. The lowest BCUT2D eigenvalue weighted by Gasteiger charge is -2.33. The summed E-state index contributed by atoms with van der Waals surface area (Å²) in [5.74, 6) is -0.390. The monoisotopic (exact) mass is 431 g/mol. The Morgan fingerprint density at radius 2 is 1.88 bits per heavy atom. The summed E-state index contributed by atoms with van der Waals surface area (Å²) in [5, 5.41) is 4.11. The van der Waals surface area contributed by atoms with Gasteiger partial charge < -0.3 is 10.2 Å². The quantitative estimate of drug-likeness (QED) is 0.674. The minimum Gasteiger partial charge on any atom is -0.351 e. The Hall–Kier alpha value is -3.28. The number of likely N-dealkylation sites (tertiary alicyclic amines) is 1. The van der Waals surface area contributed by atoms with Gasteiger partial charge in [0.25, 0.3) is 5.91 Å². The first-order valence-electron chi connectivity index (χ1n) is 11.3. The number of aromatic nitrogens is 1. The Morgan fingerprint density at radius 3 is 2.75 bits per heavy atom. The molecule has 3 aromatic rings. The van der Waals surface area contributed by atoms with Gasteiger partial charge in [-0.15, -0.1) is 0 Å². The van der Waals surface area contributed by atoms with E-state index in [4.69, 9.17) is 0 Å². The SMILES string of the molecule is O=C1CCCC[C@H]2[C@@H](C[C@H](Cc3ccccc3F)N2C(=O)c2ccc3ccccc3n2)N1. The number of nitrogens with zero attached hydrogens (tertiary/aromatic N) is 2. The molecule has 3 heterocycles. The number of fused-ring (bicyclic) bond motifs is 2. The van der Waals surface area contributed by atoms with Crippen molar-refractivity contribution in [2.75, 3.05) is 0 Å². The second kappa shape index (κ2) is 8.69. The number of nitrogens with one attached hydrogen (secondary N) is 1. The van der Waals surface area contributed by atoms with E-state index in [-0.39, 0.29) is 35.8 Å². The van der Waals surface area contributed by atoms with Gasteiger partial charge in [-0.1, -0.05) is 48.9 Å². The van der Waals surface area contributed by atoms with Crippen LogP contribution in [-0.2, 0) is 11.2 Å². The predicted octanol–water partition coefficient (Wildman–Crippen LogP) is 4.26. The van der Waals surface area contributed by atoms with Gasteiger partial charge in [0, 0.05) is 17.8 Å². The van der Waals surface area contributed by atoms with Crippen molar-refractivity contribution in [2.45, 2.75) is 56.7 Å². The summed E-state index contributed by atoms with van der Waals surface area (Å²) in [5.41, 5.74) is 1.74. The Labute approximate surface area is 186 Å². The number of benzene rings is 2. The van der Waals surface area contributed by atoms with Crippen LogP contribution < -0.4 is 5.32 Å². The lowest BCUT2D eigenvalue weighted by atomic mass is 9.97. The second-order valence-corrected chi connectivity index (χ2v) is 8.77. The Kier molecular flexibility index (Phi) is 5.60. The maximum absolute atomic E-state index is 14.4. The van der Waals surface area contributed by atoms with Crippen LogP contribution in [0.5, 0.6) is 0 Å². The Balaban J connectivity index is 1.51. The van der Waals surface area contributed by atoms with Gasteiger partial charge in [0.05, 0.1) is 17.6 Å². The van der Waals surface area contributed by atoms with Gasteiger partial charge in [-0.2, -0.15) is 0 Å². The van der Waals surface area contributed by atoms with Crippen molar-refractivity contribution >= 4 is 22.7 Å². The van der Waals surface area contributed by atoms with E-state index in [9.17, 15) is 14.0 Å². The van der Waals surface area contributed by atoms with Gasteiger partial charge in [-0.25, -0.2) is 9.37 Å². The summed E-state index contributed by atoms with van der Waals surface area (Å²) in [6.07, 6.45) is 4.05. The standard InChI is InChI=1S/C26H26FN3O2/c27-20-9-3-1-8-18(20)15-19-16-23-24(11-5-6-12-25(31)29-23)30(19)26(32)22-14-13-17-7-2-4-10-21(17)28-22/h1-4,7-10,13-14,19,23-24H,5-6,11-12,15-16H2,(H,29,31)/t19-,23+,24-/m0/s1. The van der Waals surface area contributed by atoms with E-state index >= 15 is 0 Å². The summed E-state index contributed by atoms with van der Waals surface area (Å²) >= 11 is 0. The van der Waals surface area contributed by atoms with Gasteiger partial charge in [0.2, 0.25) is 5.91 Å². The third kappa shape index (κ3) is 3.97. The summed E-state index contributed by atoms with van der Waals surface area (Å²) in [4.78, 5) is 32.6. The van der Waals surface area contributed by atoms with Crippen molar-refractivity contribution in [2.24, 2.45) is 0 Å². The third-order valence-corrected chi connectivity index (χ3v) is 6.71. The average Bonchev–Trinajstić information content (AvgIpc) is 3.11. The van der Waals surface area contributed by atoms with Crippen LogP contribution in [0.2, 0.25) is 0 Å². The highest BCUT2D eigenvalue weighted by Crippen LogP contribution is 2.33. The Bertz CT molecular complexity index is 1160. The van der Waals surface area contributed by atoms with Crippen molar-refractivity contribution in [3.63, 3.8) is 0 Å². The van der Waals surface area contributed by atoms with E-state index in [2.05, 4.69) is 10.3 Å². The summed E-state index contributed by atoms with van der Waals surface area (Å²) < 4.78 is 14.4. The second-order valence-electron chi connectivity index (χ2n) is 8.77. The largest absolute Gasteiger partial charge is 0.351 e. The molecule has 164 valence electrons. The van der Waals surface area contributed by atoms with Gasteiger partial charge in [-0.05, 0) is 49.4 Å². The fraction of sp³-hybridized carbons (Fsp3) is 0.346.